The standard InChI is InChI=1S/C17H21N3O/c1-3-9-20-10-8-14-15(11-20)18-16(19-17(14)21)13-6-4-12(2)5-7-13/h4-7H,3,8-11H2,1-2H3,(H,18,19,21). The van der Waals surface area contributed by atoms with Gasteiger partial charge in [-0.15, -0.1) is 0 Å². The van der Waals surface area contributed by atoms with Crippen molar-refractivity contribution in [2.45, 2.75) is 33.2 Å². The third-order valence-corrected chi connectivity index (χ3v) is 4.02. The summed E-state index contributed by atoms with van der Waals surface area (Å²) in [6.07, 6.45) is 1.93. The number of hydrogen-bond donors (Lipinski definition) is 1. The van der Waals surface area contributed by atoms with E-state index < -0.39 is 0 Å². The maximum atomic E-state index is 12.3. The van der Waals surface area contributed by atoms with Crippen LogP contribution in [0.4, 0.5) is 0 Å². The molecule has 110 valence electrons. The highest BCUT2D eigenvalue weighted by Gasteiger charge is 2.20. The fraction of sp³-hybridized carbons (Fsp3) is 0.412. The summed E-state index contributed by atoms with van der Waals surface area (Å²) >= 11 is 0. The molecule has 2 aromatic rings. The molecule has 0 saturated carbocycles. The van der Waals surface area contributed by atoms with Gasteiger partial charge in [0.1, 0.15) is 5.82 Å². The van der Waals surface area contributed by atoms with Crippen LogP contribution in [-0.2, 0) is 13.0 Å². The molecular weight excluding hydrogens is 262 g/mol. The largest absolute Gasteiger partial charge is 0.306 e. The number of H-pyrrole nitrogens is 1. The van der Waals surface area contributed by atoms with Crippen LogP contribution in [0.3, 0.4) is 0 Å². The van der Waals surface area contributed by atoms with E-state index in [0.717, 1.165) is 49.3 Å². The SMILES string of the molecule is CCCN1CCc2c(nc(-c3ccc(C)cc3)[nH]c2=O)C1. The van der Waals surface area contributed by atoms with Crippen LogP contribution in [0.15, 0.2) is 29.1 Å². The second-order valence-electron chi connectivity index (χ2n) is 5.73. The molecule has 0 saturated heterocycles. The first-order valence-electron chi connectivity index (χ1n) is 7.59. The van der Waals surface area contributed by atoms with Gasteiger partial charge in [-0.2, -0.15) is 0 Å². The average molecular weight is 283 g/mol. The number of aryl methyl sites for hydroxylation is 1. The van der Waals surface area contributed by atoms with Gasteiger partial charge in [-0.05, 0) is 26.3 Å². The van der Waals surface area contributed by atoms with E-state index in [1.54, 1.807) is 0 Å². The third kappa shape index (κ3) is 2.90. The summed E-state index contributed by atoms with van der Waals surface area (Å²) in [6.45, 7) is 7.03. The van der Waals surface area contributed by atoms with E-state index in [1.165, 1.54) is 5.56 Å². The van der Waals surface area contributed by atoms with Crippen molar-refractivity contribution < 1.29 is 0 Å². The van der Waals surface area contributed by atoms with Gasteiger partial charge in [-0.3, -0.25) is 9.69 Å². The molecule has 1 aromatic carbocycles. The van der Waals surface area contributed by atoms with Gasteiger partial charge in [-0.1, -0.05) is 36.8 Å². The number of rotatable bonds is 3. The lowest BCUT2D eigenvalue weighted by Crippen LogP contribution is -2.35. The van der Waals surface area contributed by atoms with E-state index in [9.17, 15) is 4.79 Å². The minimum atomic E-state index is 0.0201. The molecular formula is C17H21N3O. The Kier molecular flexibility index (Phi) is 3.88. The monoisotopic (exact) mass is 283 g/mol. The predicted molar refractivity (Wildman–Crippen MR) is 84.3 cm³/mol. The van der Waals surface area contributed by atoms with Gasteiger partial charge in [0.2, 0.25) is 0 Å². The van der Waals surface area contributed by atoms with Crippen LogP contribution in [-0.4, -0.2) is 28.0 Å². The van der Waals surface area contributed by atoms with Gasteiger partial charge in [0.15, 0.2) is 0 Å². The normalized spacial score (nSPS) is 15.0. The van der Waals surface area contributed by atoms with Crippen molar-refractivity contribution in [1.82, 2.24) is 14.9 Å². The van der Waals surface area contributed by atoms with Crippen LogP contribution >= 0.6 is 0 Å². The van der Waals surface area contributed by atoms with Gasteiger partial charge in [0.25, 0.3) is 5.56 Å². The third-order valence-electron chi connectivity index (χ3n) is 4.02. The second-order valence-corrected chi connectivity index (χ2v) is 5.73. The van der Waals surface area contributed by atoms with Crippen molar-refractivity contribution >= 4 is 0 Å². The van der Waals surface area contributed by atoms with Gasteiger partial charge in [0.05, 0.1) is 5.69 Å². The molecule has 2 heterocycles. The summed E-state index contributed by atoms with van der Waals surface area (Å²) in [6, 6.07) is 8.09. The van der Waals surface area contributed by atoms with Crippen molar-refractivity contribution in [3.05, 3.63) is 51.4 Å². The molecule has 0 fully saturated rings. The zero-order chi connectivity index (χ0) is 14.8. The van der Waals surface area contributed by atoms with Gasteiger partial charge >= 0.3 is 0 Å². The van der Waals surface area contributed by atoms with Crippen LogP contribution < -0.4 is 5.56 Å². The fourth-order valence-electron chi connectivity index (χ4n) is 2.85. The molecule has 0 aliphatic carbocycles. The van der Waals surface area contributed by atoms with Gasteiger partial charge < -0.3 is 4.98 Å². The summed E-state index contributed by atoms with van der Waals surface area (Å²) < 4.78 is 0. The molecule has 0 radical (unpaired) electrons. The summed E-state index contributed by atoms with van der Waals surface area (Å²) in [4.78, 5) is 22.3. The van der Waals surface area contributed by atoms with Crippen LogP contribution in [0.1, 0.15) is 30.2 Å². The van der Waals surface area contributed by atoms with Crippen molar-refractivity contribution in [3.8, 4) is 11.4 Å². The van der Waals surface area contributed by atoms with Crippen molar-refractivity contribution in [1.29, 1.82) is 0 Å². The number of fused-ring (bicyclic) bond motifs is 1. The second kappa shape index (κ2) is 5.82. The molecule has 1 N–H and O–H groups in total. The van der Waals surface area contributed by atoms with E-state index in [0.29, 0.717) is 5.82 Å². The highest BCUT2D eigenvalue weighted by molar-refractivity contribution is 5.55. The number of nitrogens with zero attached hydrogens (tertiary/aromatic N) is 2. The molecule has 0 bridgehead atoms. The zero-order valence-electron chi connectivity index (χ0n) is 12.6. The Morgan fingerprint density at radius 1 is 1.29 bits per heavy atom. The van der Waals surface area contributed by atoms with Crippen molar-refractivity contribution in [3.63, 3.8) is 0 Å². The Morgan fingerprint density at radius 3 is 2.76 bits per heavy atom. The Morgan fingerprint density at radius 2 is 2.05 bits per heavy atom. The van der Waals surface area contributed by atoms with Crippen molar-refractivity contribution in [2.24, 2.45) is 0 Å². The number of nitrogens with one attached hydrogen (secondary N) is 1. The van der Waals surface area contributed by atoms with E-state index in [-0.39, 0.29) is 5.56 Å². The Balaban J connectivity index is 1.98. The van der Waals surface area contributed by atoms with Gasteiger partial charge in [-0.25, -0.2) is 4.98 Å². The number of aromatic nitrogens is 2. The van der Waals surface area contributed by atoms with Crippen LogP contribution in [0.2, 0.25) is 0 Å². The maximum Gasteiger partial charge on any atom is 0.254 e. The Bertz CT molecular complexity index is 688. The predicted octanol–water partition coefficient (Wildman–Crippen LogP) is 2.51. The van der Waals surface area contributed by atoms with E-state index in [4.69, 9.17) is 4.98 Å². The zero-order valence-corrected chi connectivity index (χ0v) is 12.6. The highest BCUT2D eigenvalue weighted by atomic mass is 16.1. The fourth-order valence-corrected chi connectivity index (χ4v) is 2.85. The smallest absolute Gasteiger partial charge is 0.254 e. The lowest BCUT2D eigenvalue weighted by atomic mass is 10.1. The van der Waals surface area contributed by atoms with Crippen LogP contribution in [0.25, 0.3) is 11.4 Å². The number of hydrogen-bond acceptors (Lipinski definition) is 3. The molecule has 4 nitrogen and oxygen atoms in total. The quantitative estimate of drug-likeness (QED) is 0.941. The molecule has 0 spiro atoms. The maximum absolute atomic E-state index is 12.3. The van der Waals surface area contributed by atoms with E-state index >= 15 is 0 Å². The molecule has 4 heteroatoms. The minimum absolute atomic E-state index is 0.0201. The first kappa shape index (κ1) is 14.0. The number of aromatic amines is 1. The topological polar surface area (TPSA) is 49.0 Å². The van der Waals surface area contributed by atoms with E-state index in [2.05, 4.69) is 23.7 Å². The van der Waals surface area contributed by atoms with Crippen LogP contribution in [0, 0.1) is 6.92 Å². The first-order chi connectivity index (χ1) is 10.2. The lowest BCUT2D eigenvalue weighted by Gasteiger charge is -2.27. The van der Waals surface area contributed by atoms with Crippen LogP contribution in [0.5, 0.6) is 0 Å². The Labute approximate surface area is 124 Å². The molecule has 21 heavy (non-hydrogen) atoms. The first-order valence-corrected chi connectivity index (χ1v) is 7.59. The summed E-state index contributed by atoms with van der Waals surface area (Å²) in [5.41, 5.74) is 3.99. The van der Waals surface area contributed by atoms with Gasteiger partial charge in [0, 0.05) is 24.2 Å². The molecule has 0 amide bonds. The van der Waals surface area contributed by atoms with E-state index in [1.807, 2.05) is 24.3 Å². The van der Waals surface area contributed by atoms with Crippen molar-refractivity contribution in [2.75, 3.05) is 13.1 Å². The minimum Gasteiger partial charge on any atom is -0.306 e. The highest BCUT2D eigenvalue weighted by Crippen LogP contribution is 2.19. The number of benzene rings is 1. The Hall–Kier alpha value is -1.94. The summed E-state index contributed by atoms with van der Waals surface area (Å²) in [5.74, 6) is 0.678. The average Bonchev–Trinajstić information content (AvgIpc) is 2.48. The summed E-state index contributed by atoms with van der Waals surface area (Å²) in [5, 5.41) is 0. The molecule has 3 rings (SSSR count). The molecule has 0 atom stereocenters. The molecule has 1 aliphatic rings. The molecule has 0 unspecified atom stereocenters. The lowest BCUT2D eigenvalue weighted by molar-refractivity contribution is 0.250. The summed E-state index contributed by atoms with van der Waals surface area (Å²) in [7, 11) is 0. The molecule has 1 aromatic heterocycles. The molecule has 1 aliphatic heterocycles.